The van der Waals surface area contributed by atoms with E-state index in [1.54, 1.807) is 24.5 Å². The second-order valence-corrected chi connectivity index (χ2v) is 6.57. The number of aliphatic carboxylic acids is 1. The van der Waals surface area contributed by atoms with Crippen molar-refractivity contribution >= 4 is 16.0 Å². The van der Waals surface area contributed by atoms with E-state index in [9.17, 15) is 13.2 Å². The van der Waals surface area contributed by atoms with Gasteiger partial charge in [-0.2, -0.15) is 0 Å². The van der Waals surface area contributed by atoms with Crippen molar-refractivity contribution in [3.05, 3.63) is 30.1 Å². The van der Waals surface area contributed by atoms with Gasteiger partial charge < -0.3 is 5.11 Å². The fraction of sp³-hybridized carbons (Fsp3) is 0.538. The van der Waals surface area contributed by atoms with E-state index in [1.165, 1.54) is 0 Å². The highest BCUT2D eigenvalue weighted by atomic mass is 32.2. The minimum Gasteiger partial charge on any atom is -0.481 e. The van der Waals surface area contributed by atoms with Crippen LogP contribution in [-0.2, 0) is 21.2 Å². The topological polar surface area (TPSA) is 96.4 Å². The number of carbonyl (C=O) groups is 1. The Labute approximate surface area is 119 Å². The van der Waals surface area contributed by atoms with Crippen LogP contribution >= 0.6 is 0 Å². The molecule has 0 fully saturated rings. The smallest absolute Gasteiger partial charge is 0.303 e. The van der Waals surface area contributed by atoms with E-state index in [0.717, 1.165) is 5.56 Å². The number of hydrogen-bond donors (Lipinski definition) is 2. The molecule has 0 amide bonds. The number of hydrogen-bond acceptors (Lipinski definition) is 4. The molecular formula is C13H20N2O4S. The van der Waals surface area contributed by atoms with Crippen LogP contribution in [0.1, 0.15) is 25.3 Å². The normalized spacial score (nSPS) is 13.1. The van der Waals surface area contributed by atoms with Gasteiger partial charge in [-0.1, -0.05) is 13.3 Å². The largest absolute Gasteiger partial charge is 0.481 e. The van der Waals surface area contributed by atoms with Crippen LogP contribution in [0, 0.1) is 5.92 Å². The second-order valence-electron chi connectivity index (χ2n) is 4.64. The Hall–Kier alpha value is -1.47. The molecule has 0 spiro atoms. The van der Waals surface area contributed by atoms with Gasteiger partial charge in [-0.15, -0.1) is 0 Å². The molecule has 1 atom stereocenters. The van der Waals surface area contributed by atoms with Crippen molar-refractivity contribution in [2.45, 2.75) is 26.2 Å². The lowest BCUT2D eigenvalue weighted by atomic mass is 10.0. The van der Waals surface area contributed by atoms with Crippen molar-refractivity contribution in [1.29, 1.82) is 0 Å². The average molecular weight is 300 g/mol. The number of sulfonamides is 1. The van der Waals surface area contributed by atoms with Gasteiger partial charge in [0.1, 0.15) is 0 Å². The summed E-state index contributed by atoms with van der Waals surface area (Å²) in [7, 11) is -3.38. The van der Waals surface area contributed by atoms with Gasteiger partial charge in [0.2, 0.25) is 10.0 Å². The Balaban J connectivity index is 2.43. The van der Waals surface area contributed by atoms with Gasteiger partial charge in [0.25, 0.3) is 0 Å². The standard InChI is InChI=1S/C13H20N2O4S/c1-2-11(9-13(16)17)10-15-20(18,19)8-5-12-3-6-14-7-4-12/h3-4,6-7,11,15H,2,5,8-10H2,1H3,(H,16,17). The summed E-state index contributed by atoms with van der Waals surface area (Å²) in [6, 6.07) is 3.55. The minimum atomic E-state index is -3.38. The number of aryl methyl sites for hydroxylation is 1. The van der Waals surface area contributed by atoms with Crippen molar-refractivity contribution in [3.8, 4) is 0 Å². The molecular weight excluding hydrogens is 280 g/mol. The molecule has 0 aliphatic carbocycles. The van der Waals surface area contributed by atoms with Gasteiger partial charge in [-0.25, -0.2) is 13.1 Å². The summed E-state index contributed by atoms with van der Waals surface area (Å²) in [5.41, 5.74) is 0.906. The first-order chi connectivity index (χ1) is 9.43. The fourth-order valence-electron chi connectivity index (χ4n) is 1.73. The highest BCUT2D eigenvalue weighted by molar-refractivity contribution is 7.89. The fourth-order valence-corrected chi connectivity index (χ4v) is 2.86. The Morgan fingerprint density at radius 3 is 2.60 bits per heavy atom. The molecule has 0 aliphatic heterocycles. The van der Waals surface area contributed by atoms with Gasteiger partial charge in [0.05, 0.1) is 5.75 Å². The summed E-state index contributed by atoms with van der Waals surface area (Å²) in [5, 5.41) is 8.71. The highest BCUT2D eigenvalue weighted by Crippen LogP contribution is 2.07. The average Bonchev–Trinajstić information content (AvgIpc) is 2.42. The summed E-state index contributed by atoms with van der Waals surface area (Å²) in [5.74, 6) is -1.10. The first-order valence-corrected chi connectivity index (χ1v) is 8.16. The number of pyridine rings is 1. The monoisotopic (exact) mass is 300 g/mol. The zero-order chi connectivity index (χ0) is 15.0. The molecule has 112 valence electrons. The lowest BCUT2D eigenvalue weighted by Gasteiger charge is -2.13. The minimum absolute atomic E-state index is 0.0134. The first kappa shape index (κ1) is 16.6. The number of nitrogens with one attached hydrogen (secondary N) is 1. The van der Waals surface area contributed by atoms with Crippen LogP contribution in [0.2, 0.25) is 0 Å². The molecule has 1 rings (SSSR count). The Morgan fingerprint density at radius 2 is 2.05 bits per heavy atom. The van der Waals surface area contributed by atoms with Crippen molar-refractivity contribution in [2.75, 3.05) is 12.3 Å². The van der Waals surface area contributed by atoms with Crippen molar-refractivity contribution in [1.82, 2.24) is 9.71 Å². The Bertz CT molecular complexity index is 516. The molecule has 2 N–H and O–H groups in total. The van der Waals surface area contributed by atoms with E-state index in [1.807, 2.05) is 6.92 Å². The third-order valence-electron chi connectivity index (χ3n) is 3.04. The van der Waals surface area contributed by atoms with Crippen molar-refractivity contribution in [2.24, 2.45) is 5.92 Å². The van der Waals surface area contributed by atoms with Gasteiger partial charge in [0.15, 0.2) is 0 Å². The number of carboxylic acids is 1. The molecule has 0 saturated heterocycles. The predicted octanol–water partition coefficient (Wildman–Crippen LogP) is 1.04. The summed E-state index contributed by atoms with van der Waals surface area (Å²) in [6.07, 6.45) is 4.25. The van der Waals surface area contributed by atoms with Gasteiger partial charge in [-0.05, 0) is 30.0 Å². The van der Waals surface area contributed by atoms with E-state index in [4.69, 9.17) is 5.11 Å². The molecule has 6 nitrogen and oxygen atoms in total. The summed E-state index contributed by atoms with van der Waals surface area (Å²) >= 11 is 0. The maximum Gasteiger partial charge on any atom is 0.303 e. The van der Waals surface area contributed by atoms with Crippen LogP contribution in [0.15, 0.2) is 24.5 Å². The second kappa shape index (κ2) is 7.96. The highest BCUT2D eigenvalue weighted by Gasteiger charge is 2.16. The van der Waals surface area contributed by atoms with E-state index >= 15 is 0 Å². The number of carboxylic acid groups (broad SMARTS) is 1. The summed E-state index contributed by atoms with van der Waals surface area (Å²) < 4.78 is 26.2. The molecule has 1 aromatic rings. The van der Waals surface area contributed by atoms with Gasteiger partial charge in [0, 0.05) is 25.4 Å². The van der Waals surface area contributed by atoms with E-state index in [-0.39, 0.29) is 24.6 Å². The van der Waals surface area contributed by atoms with Crippen LogP contribution in [0.3, 0.4) is 0 Å². The third kappa shape index (κ3) is 6.63. The Kier molecular flexibility index (Phi) is 6.60. The van der Waals surface area contributed by atoms with Crippen LogP contribution in [-0.4, -0.2) is 36.8 Å². The van der Waals surface area contributed by atoms with Crippen LogP contribution in [0.4, 0.5) is 0 Å². The quantitative estimate of drug-likeness (QED) is 0.710. The molecule has 0 aromatic carbocycles. The van der Waals surface area contributed by atoms with E-state index < -0.39 is 16.0 Å². The molecule has 0 radical (unpaired) electrons. The molecule has 1 aromatic heterocycles. The number of aromatic nitrogens is 1. The van der Waals surface area contributed by atoms with Crippen LogP contribution in [0.25, 0.3) is 0 Å². The Morgan fingerprint density at radius 1 is 1.40 bits per heavy atom. The zero-order valence-electron chi connectivity index (χ0n) is 11.4. The lowest BCUT2D eigenvalue weighted by molar-refractivity contribution is -0.138. The molecule has 1 heterocycles. The van der Waals surface area contributed by atoms with Crippen molar-refractivity contribution < 1.29 is 18.3 Å². The van der Waals surface area contributed by atoms with Gasteiger partial charge >= 0.3 is 5.97 Å². The van der Waals surface area contributed by atoms with E-state index in [2.05, 4.69) is 9.71 Å². The number of nitrogens with zero attached hydrogens (tertiary/aromatic N) is 1. The van der Waals surface area contributed by atoms with Crippen LogP contribution < -0.4 is 4.72 Å². The molecule has 1 unspecified atom stereocenters. The first-order valence-electron chi connectivity index (χ1n) is 6.51. The third-order valence-corrected chi connectivity index (χ3v) is 4.39. The van der Waals surface area contributed by atoms with Gasteiger partial charge in [-0.3, -0.25) is 9.78 Å². The van der Waals surface area contributed by atoms with Crippen molar-refractivity contribution in [3.63, 3.8) is 0 Å². The SMILES string of the molecule is CCC(CNS(=O)(=O)CCc1ccncc1)CC(=O)O. The predicted molar refractivity (Wildman–Crippen MR) is 75.8 cm³/mol. The maximum atomic E-state index is 11.8. The molecule has 20 heavy (non-hydrogen) atoms. The molecule has 0 aliphatic rings. The van der Waals surface area contributed by atoms with E-state index in [0.29, 0.717) is 12.8 Å². The number of rotatable bonds is 9. The summed E-state index contributed by atoms with van der Waals surface area (Å²) in [6.45, 7) is 2.01. The molecule has 0 bridgehead atoms. The summed E-state index contributed by atoms with van der Waals surface area (Å²) in [4.78, 5) is 14.5. The van der Waals surface area contributed by atoms with Crippen LogP contribution in [0.5, 0.6) is 0 Å². The lowest BCUT2D eigenvalue weighted by Crippen LogP contribution is -2.32. The molecule has 7 heteroatoms. The molecule has 0 saturated carbocycles. The zero-order valence-corrected chi connectivity index (χ0v) is 12.3. The maximum absolute atomic E-state index is 11.8.